The molecule has 0 radical (unpaired) electrons. The molecule has 18 heavy (non-hydrogen) atoms. The van der Waals surface area contributed by atoms with Gasteiger partial charge in [-0.1, -0.05) is 13.3 Å². The highest BCUT2D eigenvalue weighted by atomic mass is 31.2. The molecule has 0 bridgehead atoms. The van der Waals surface area contributed by atoms with E-state index in [1.807, 2.05) is 6.92 Å². The zero-order valence-electron chi connectivity index (χ0n) is 10.2. The summed E-state index contributed by atoms with van der Waals surface area (Å²) in [6, 6.07) is 0. The SMILES string of the molecule is CCCCP(=O)(O)O[C@H]1C[C@@H](O)[C@H](O)[C@@H](O)[C@H]1O. The van der Waals surface area contributed by atoms with Gasteiger partial charge in [-0.3, -0.25) is 4.57 Å². The smallest absolute Gasteiger partial charge is 0.328 e. The summed E-state index contributed by atoms with van der Waals surface area (Å²) in [7, 11) is -3.85. The number of aliphatic hydroxyl groups excluding tert-OH is 4. The van der Waals surface area contributed by atoms with Gasteiger partial charge in [0.2, 0.25) is 0 Å². The van der Waals surface area contributed by atoms with Crippen molar-refractivity contribution in [3.05, 3.63) is 0 Å². The Hall–Kier alpha value is -0.0100. The molecule has 5 N–H and O–H groups in total. The van der Waals surface area contributed by atoms with Crippen molar-refractivity contribution in [3.63, 3.8) is 0 Å². The van der Waals surface area contributed by atoms with E-state index in [0.717, 1.165) is 6.42 Å². The maximum Gasteiger partial charge on any atom is 0.328 e. The molecule has 6 atom stereocenters. The van der Waals surface area contributed by atoms with Crippen molar-refractivity contribution in [2.75, 3.05) is 6.16 Å². The molecule has 0 aromatic carbocycles. The fourth-order valence-corrected chi connectivity index (χ4v) is 3.35. The van der Waals surface area contributed by atoms with Crippen LogP contribution in [-0.2, 0) is 9.09 Å². The van der Waals surface area contributed by atoms with Gasteiger partial charge in [0, 0.05) is 12.6 Å². The van der Waals surface area contributed by atoms with Gasteiger partial charge in [-0.15, -0.1) is 0 Å². The molecule has 1 unspecified atom stereocenters. The summed E-state index contributed by atoms with van der Waals surface area (Å²) in [4.78, 5) is 9.55. The van der Waals surface area contributed by atoms with Gasteiger partial charge in [-0.25, -0.2) is 0 Å². The minimum absolute atomic E-state index is 0.0402. The molecule has 0 spiro atoms. The van der Waals surface area contributed by atoms with E-state index in [2.05, 4.69) is 0 Å². The maximum absolute atomic E-state index is 11.7. The van der Waals surface area contributed by atoms with Crippen LogP contribution in [0.15, 0.2) is 0 Å². The lowest BCUT2D eigenvalue weighted by Gasteiger charge is -2.38. The van der Waals surface area contributed by atoms with Crippen molar-refractivity contribution in [3.8, 4) is 0 Å². The highest BCUT2D eigenvalue weighted by molar-refractivity contribution is 7.52. The highest BCUT2D eigenvalue weighted by Crippen LogP contribution is 2.46. The molecule has 0 heterocycles. The summed E-state index contributed by atoms with van der Waals surface area (Å²) in [5.41, 5.74) is 0. The van der Waals surface area contributed by atoms with E-state index >= 15 is 0 Å². The lowest BCUT2D eigenvalue weighted by Crippen LogP contribution is -2.56. The average molecular weight is 284 g/mol. The van der Waals surface area contributed by atoms with E-state index in [4.69, 9.17) is 4.52 Å². The molecule has 1 fully saturated rings. The molecular formula is C10H21O7P. The predicted molar refractivity (Wildman–Crippen MR) is 63.1 cm³/mol. The van der Waals surface area contributed by atoms with Crippen LogP contribution < -0.4 is 0 Å². The standard InChI is InChI=1S/C10H21O7P/c1-2-3-4-18(15,16)17-7-5-6(11)8(12)10(14)9(7)13/h6-14H,2-5H2,1H3,(H,15,16)/t6-,7+,8+,9+,10-/m1/s1. The maximum atomic E-state index is 11.7. The first-order valence-corrected chi connectivity index (χ1v) is 7.77. The fourth-order valence-electron chi connectivity index (χ4n) is 1.89. The first-order valence-electron chi connectivity index (χ1n) is 6.01. The molecule has 1 aliphatic carbocycles. The molecule has 8 heteroatoms. The summed E-state index contributed by atoms with van der Waals surface area (Å²) in [6.45, 7) is 1.86. The van der Waals surface area contributed by atoms with Crippen LogP contribution >= 0.6 is 7.60 Å². The van der Waals surface area contributed by atoms with Gasteiger partial charge in [0.15, 0.2) is 0 Å². The first kappa shape index (κ1) is 16.0. The molecule has 1 aliphatic rings. The Morgan fingerprint density at radius 1 is 1.17 bits per heavy atom. The van der Waals surface area contributed by atoms with Gasteiger partial charge in [-0.05, 0) is 6.42 Å². The Balaban J connectivity index is 2.63. The van der Waals surface area contributed by atoms with Crippen molar-refractivity contribution in [2.24, 2.45) is 0 Å². The Bertz CT molecular complexity index is 311. The van der Waals surface area contributed by atoms with Crippen molar-refractivity contribution in [1.82, 2.24) is 0 Å². The van der Waals surface area contributed by atoms with Crippen LogP contribution in [0, 0.1) is 0 Å². The minimum Gasteiger partial charge on any atom is -0.390 e. The molecule has 0 amide bonds. The number of aliphatic hydroxyl groups is 4. The van der Waals surface area contributed by atoms with E-state index in [9.17, 15) is 29.9 Å². The molecule has 1 saturated carbocycles. The van der Waals surface area contributed by atoms with Gasteiger partial charge in [0.05, 0.1) is 12.2 Å². The van der Waals surface area contributed by atoms with E-state index in [-0.39, 0.29) is 12.6 Å². The highest BCUT2D eigenvalue weighted by Gasteiger charge is 2.44. The zero-order valence-corrected chi connectivity index (χ0v) is 11.1. The molecule has 7 nitrogen and oxygen atoms in total. The van der Waals surface area contributed by atoms with Gasteiger partial charge in [0.25, 0.3) is 0 Å². The molecule has 0 aliphatic heterocycles. The largest absolute Gasteiger partial charge is 0.390 e. The third-order valence-corrected chi connectivity index (χ3v) is 4.52. The van der Waals surface area contributed by atoms with Crippen LogP contribution in [0.4, 0.5) is 0 Å². The number of rotatable bonds is 5. The molecule has 1 rings (SSSR count). The lowest BCUT2D eigenvalue weighted by atomic mass is 9.87. The molecule has 108 valence electrons. The second-order valence-corrected chi connectivity index (χ2v) is 6.57. The van der Waals surface area contributed by atoms with Crippen LogP contribution in [0.25, 0.3) is 0 Å². The minimum atomic E-state index is -3.85. The van der Waals surface area contributed by atoms with Crippen LogP contribution in [0.3, 0.4) is 0 Å². The summed E-state index contributed by atoms with van der Waals surface area (Å²) in [6.07, 6.45) is -6.03. The number of unbranched alkanes of at least 4 members (excludes halogenated alkanes) is 1. The monoisotopic (exact) mass is 284 g/mol. The first-order chi connectivity index (χ1) is 8.28. The Morgan fingerprint density at radius 3 is 2.33 bits per heavy atom. The summed E-state index contributed by atoms with van der Waals surface area (Å²) < 4.78 is 16.6. The van der Waals surface area contributed by atoms with E-state index in [1.54, 1.807) is 0 Å². The van der Waals surface area contributed by atoms with E-state index < -0.39 is 38.1 Å². The second-order valence-electron chi connectivity index (χ2n) is 4.63. The van der Waals surface area contributed by atoms with E-state index in [1.165, 1.54) is 0 Å². The van der Waals surface area contributed by atoms with Crippen LogP contribution in [0.5, 0.6) is 0 Å². The van der Waals surface area contributed by atoms with Gasteiger partial charge < -0.3 is 29.8 Å². The number of hydrogen-bond donors (Lipinski definition) is 5. The summed E-state index contributed by atoms with van der Waals surface area (Å²) >= 11 is 0. The van der Waals surface area contributed by atoms with Crippen molar-refractivity contribution in [2.45, 2.75) is 56.7 Å². The quantitative estimate of drug-likeness (QED) is 0.418. The van der Waals surface area contributed by atoms with E-state index in [0.29, 0.717) is 6.42 Å². The van der Waals surface area contributed by atoms with Crippen LogP contribution in [-0.4, -0.2) is 62.0 Å². The second kappa shape index (κ2) is 6.43. The van der Waals surface area contributed by atoms with Crippen LogP contribution in [0.1, 0.15) is 26.2 Å². The van der Waals surface area contributed by atoms with Gasteiger partial charge >= 0.3 is 7.60 Å². The zero-order chi connectivity index (χ0) is 13.9. The Kier molecular flexibility index (Phi) is 5.73. The van der Waals surface area contributed by atoms with Crippen molar-refractivity contribution >= 4 is 7.60 Å². The third kappa shape index (κ3) is 3.99. The number of hydrogen-bond acceptors (Lipinski definition) is 6. The normalized spacial score (nSPS) is 40.4. The van der Waals surface area contributed by atoms with Crippen LogP contribution in [0.2, 0.25) is 0 Å². The van der Waals surface area contributed by atoms with Gasteiger partial charge in [-0.2, -0.15) is 0 Å². The topological polar surface area (TPSA) is 127 Å². The Labute approximate surface area is 106 Å². The van der Waals surface area contributed by atoms with Crippen molar-refractivity contribution < 1.29 is 34.4 Å². The summed E-state index contributed by atoms with van der Waals surface area (Å²) in [5.74, 6) is 0. The molecular weight excluding hydrogens is 263 g/mol. The molecule has 0 aromatic heterocycles. The summed E-state index contributed by atoms with van der Waals surface area (Å²) in [5, 5.41) is 37.8. The predicted octanol–water partition coefficient (Wildman–Crippen LogP) is -0.796. The molecule has 0 aromatic rings. The lowest BCUT2D eigenvalue weighted by molar-refractivity contribution is -0.171. The fraction of sp³-hybridized carbons (Fsp3) is 1.00. The molecule has 0 saturated heterocycles. The van der Waals surface area contributed by atoms with Crippen molar-refractivity contribution in [1.29, 1.82) is 0 Å². The third-order valence-electron chi connectivity index (χ3n) is 3.04. The Morgan fingerprint density at radius 2 is 1.78 bits per heavy atom. The van der Waals surface area contributed by atoms with Gasteiger partial charge in [0.1, 0.15) is 18.3 Å². The average Bonchev–Trinajstić information content (AvgIpc) is 2.30.